The van der Waals surface area contributed by atoms with E-state index >= 15 is 0 Å². The van der Waals surface area contributed by atoms with Crippen LogP contribution in [0, 0.1) is 6.92 Å². The fourth-order valence-electron chi connectivity index (χ4n) is 1.07. The number of carbonyl (C=O) groups excluding carboxylic acids is 1. The van der Waals surface area contributed by atoms with Gasteiger partial charge in [0.05, 0.1) is 17.6 Å². The Labute approximate surface area is 98.4 Å². The van der Waals surface area contributed by atoms with Gasteiger partial charge in [-0.1, -0.05) is 19.9 Å². The predicted molar refractivity (Wildman–Crippen MR) is 64.5 cm³/mol. The van der Waals surface area contributed by atoms with Gasteiger partial charge in [0.2, 0.25) is 0 Å². The van der Waals surface area contributed by atoms with Crippen LogP contribution >= 0.6 is 0 Å². The van der Waals surface area contributed by atoms with Crippen molar-refractivity contribution >= 4 is 17.0 Å². The third-order valence-electron chi connectivity index (χ3n) is 1.76. The molecule has 1 rings (SSSR count). The van der Waals surface area contributed by atoms with E-state index in [9.17, 15) is 9.00 Å². The van der Waals surface area contributed by atoms with Gasteiger partial charge in [-0.25, -0.2) is 14.1 Å². The highest BCUT2D eigenvalue weighted by atomic mass is 32.2. The van der Waals surface area contributed by atoms with Crippen LogP contribution in [0.5, 0.6) is 0 Å². The lowest BCUT2D eigenvalue weighted by Crippen LogP contribution is -2.11. The number of hydrogen-bond acceptors (Lipinski definition) is 3. The van der Waals surface area contributed by atoms with E-state index in [1.807, 2.05) is 20.8 Å². The van der Waals surface area contributed by atoms with E-state index in [0.29, 0.717) is 4.90 Å². The summed E-state index contributed by atoms with van der Waals surface area (Å²) in [4.78, 5) is 11.5. The molecule has 1 unspecified atom stereocenters. The van der Waals surface area contributed by atoms with Crippen molar-refractivity contribution in [3.8, 4) is 0 Å². The summed E-state index contributed by atoms with van der Waals surface area (Å²) in [6, 6.07) is 4.91. The van der Waals surface area contributed by atoms with Crippen LogP contribution in [0.15, 0.2) is 23.1 Å². The monoisotopic (exact) mass is 243 g/mol. The van der Waals surface area contributed by atoms with Crippen LogP contribution in [-0.2, 0) is 15.7 Å². The quantitative estimate of drug-likeness (QED) is 0.805. The molecule has 0 aliphatic carbocycles. The predicted octanol–water partition coefficient (Wildman–Crippen LogP) is 1.79. The van der Waals surface area contributed by atoms with Gasteiger partial charge in [-0.3, -0.25) is 0 Å². The molecule has 0 fully saturated rings. The average molecular weight is 243 g/mol. The smallest absolute Gasteiger partial charge is 0.339 e. The molecule has 16 heavy (non-hydrogen) atoms. The topological polar surface area (TPSA) is 69.4 Å². The number of esters is 1. The van der Waals surface area contributed by atoms with E-state index in [1.165, 1.54) is 7.11 Å². The number of nitrogens with two attached hydrogens (primary N) is 1. The minimum absolute atomic E-state index is 0.249. The molecule has 2 N–H and O–H groups in total. The number of aryl methyl sites for hydroxylation is 1. The Bertz CT molecular complexity index is 391. The lowest BCUT2D eigenvalue weighted by Gasteiger charge is -2.05. The Morgan fingerprint density at radius 2 is 1.94 bits per heavy atom. The van der Waals surface area contributed by atoms with Gasteiger partial charge in [-0.15, -0.1) is 0 Å². The summed E-state index contributed by atoms with van der Waals surface area (Å²) in [5, 5.41) is 5.24. The Balaban J connectivity index is 0.00000106. The summed E-state index contributed by atoms with van der Waals surface area (Å²) in [6.07, 6.45) is 0. The van der Waals surface area contributed by atoms with Crippen molar-refractivity contribution in [1.82, 2.24) is 0 Å². The van der Waals surface area contributed by atoms with Crippen molar-refractivity contribution in [1.29, 1.82) is 0 Å². The number of rotatable bonds is 2. The van der Waals surface area contributed by atoms with Crippen LogP contribution < -0.4 is 5.14 Å². The molecular weight excluding hydrogens is 226 g/mol. The lowest BCUT2D eigenvalue weighted by molar-refractivity contribution is 0.0596. The second-order valence-electron chi connectivity index (χ2n) is 2.79. The molecule has 0 aliphatic heterocycles. The summed E-state index contributed by atoms with van der Waals surface area (Å²) in [7, 11) is -0.405. The highest BCUT2D eigenvalue weighted by Gasteiger charge is 2.14. The Kier molecular flexibility index (Phi) is 6.60. The van der Waals surface area contributed by atoms with Gasteiger partial charge in [0.1, 0.15) is 11.0 Å². The van der Waals surface area contributed by atoms with E-state index in [1.54, 1.807) is 18.2 Å². The Hall–Kier alpha value is -1.20. The summed E-state index contributed by atoms with van der Waals surface area (Å²) in [6.45, 7) is 5.83. The van der Waals surface area contributed by atoms with Gasteiger partial charge < -0.3 is 4.74 Å². The number of ether oxygens (including phenoxy) is 1. The summed E-state index contributed by atoms with van der Waals surface area (Å²) in [5.41, 5.74) is 1.14. The standard InChI is InChI=1S/C9H11NO3S.C2H6/c1-6-3-4-7(9(11)13-2)8(5-6)14(10)12;1-2/h3-5H,10H2,1-2H3;1-2H3. The molecule has 1 atom stereocenters. The van der Waals surface area contributed by atoms with Crippen molar-refractivity contribution in [2.24, 2.45) is 5.14 Å². The molecule has 90 valence electrons. The molecule has 0 saturated heterocycles. The van der Waals surface area contributed by atoms with Crippen molar-refractivity contribution in [3.05, 3.63) is 29.3 Å². The largest absolute Gasteiger partial charge is 0.465 e. The molecule has 0 heterocycles. The fourth-order valence-corrected chi connectivity index (χ4v) is 1.74. The second kappa shape index (κ2) is 7.14. The molecule has 0 radical (unpaired) electrons. The van der Waals surface area contributed by atoms with Gasteiger partial charge in [0, 0.05) is 0 Å². The second-order valence-corrected chi connectivity index (χ2v) is 3.82. The number of hydrogen-bond donors (Lipinski definition) is 1. The zero-order valence-electron chi connectivity index (χ0n) is 9.94. The number of benzene rings is 1. The minimum Gasteiger partial charge on any atom is -0.465 e. The molecule has 1 aromatic carbocycles. The van der Waals surface area contributed by atoms with Crippen LogP contribution in [0.3, 0.4) is 0 Å². The molecule has 0 saturated carbocycles. The number of methoxy groups -OCH3 is 1. The third-order valence-corrected chi connectivity index (χ3v) is 2.53. The molecular formula is C11H17NO3S. The zero-order chi connectivity index (χ0) is 12.7. The van der Waals surface area contributed by atoms with E-state index in [2.05, 4.69) is 4.74 Å². The SMILES string of the molecule is CC.COC(=O)c1ccc(C)cc1S(N)=O. The van der Waals surface area contributed by atoms with Gasteiger partial charge in [-0.2, -0.15) is 0 Å². The highest BCUT2D eigenvalue weighted by Crippen LogP contribution is 2.14. The Morgan fingerprint density at radius 3 is 2.38 bits per heavy atom. The van der Waals surface area contributed by atoms with E-state index in [0.717, 1.165) is 5.56 Å². The summed E-state index contributed by atoms with van der Waals surface area (Å²) < 4.78 is 15.7. The number of carbonyl (C=O) groups is 1. The first-order valence-electron chi connectivity index (χ1n) is 4.91. The molecule has 1 aromatic rings. The molecule has 0 spiro atoms. The van der Waals surface area contributed by atoms with Crippen LogP contribution in [0.2, 0.25) is 0 Å². The normalized spacial score (nSPS) is 11.1. The van der Waals surface area contributed by atoms with Crippen molar-refractivity contribution < 1.29 is 13.7 Å². The van der Waals surface area contributed by atoms with E-state index < -0.39 is 17.0 Å². The molecule has 0 aliphatic rings. The third kappa shape index (κ3) is 3.75. The summed E-state index contributed by atoms with van der Waals surface area (Å²) in [5.74, 6) is -0.529. The van der Waals surface area contributed by atoms with Crippen LogP contribution in [0.1, 0.15) is 29.8 Å². The van der Waals surface area contributed by atoms with Gasteiger partial charge in [-0.05, 0) is 24.6 Å². The molecule has 0 aromatic heterocycles. The zero-order valence-corrected chi connectivity index (χ0v) is 10.8. The maximum Gasteiger partial charge on any atom is 0.339 e. The minimum atomic E-state index is -1.67. The van der Waals surface area contributed by atoms with Crippen molar-refractivity contribution in [2.75, 3.05) is 7.11 Å². The first-order valence-corrected chi connectivity index (χ1v) is 6.12. The average Bonchev–Trinajstić information content (AvgIpc) is 2.30. The molecule has 0 bridgehead atoms. The van der Waals surface area contributed by atoms with Gasteiger partial charge in [0.15, 0.2) is 0 Å². The molecule has 4 nitrogen and oxygen atoms in total. The van der Waals surface area contributed by atoms with Crippen LogP contribution in [-0.4, -0.2) is 17.3 Å². The van der Waals surface area contributed by atoms with E-state index in [4.69, 9.17) is 5.14 Å². The highest BCUT2D eigenvalue weighted by molar-refractivity contribution is 7.82. The van der Waals surface area contributed by atoms with Crippen molar-refractivity contribution in [2.45, 2.75) is 25.7 Å². The Morgan fingerprint density at radius 1 is 1.38 bits per heavy atom. The summed E-state index contributed by atoms with van der Waals surface area (Å²) >= 11 is 0. The fraction of sp³-hybridized carbons (Fsp3) is 0.364. The molecule has 0 amide bonds. The maximum absolute atomic E-state index is 11.2. The van der Waals surface area contributed by atoms with E-state index in [-0.39, 0.29) is 5.56 Å². The first-order chi connectivity index (χ1) is 7.56. The lowest BCUT2D eigenvalue weighted by atomic mass is 10.1. The first kappa shape index (κ1) is 14.8. The van der Waals surface area contributed by atoms with Crippen LogP contribution in [0.25, 0.3) is 0 Å². The van der Waals surface area contributed by atoms with Crippen LogP contribution in [0.4, 0.5) is 0 Å². The molecule has 5 heteroatoms. The van der Waals surface area contributed by atoms with Gasteiger partial charge in [0.25, 0.3) is 0 Å². The van der Waals surface area contributed by atoms with Crippen molar-refractivity contribution in [3.63, 3.8) is 0 Å². The van der Waals surface area contributed by atoms with Gasteiger partial charge >= 0.3 is 5.97 Å². The maximum atomic E-state index is 11.2.